The maximum atomic E-state index is 11.9. The van der Waals surface area contributed by atoms with Crippen LogP contribution in [0.2, 0.25) is 0 Å². The van der Waals surface area contributed by atoms with Crippen LogP contribution in [0.25, 0.3) is 0 Å². The lowest BCUT2D eigenvalue weighted by atomic mass is 10.1. The average molecular weight is 268 g/mol. The second-order valence-electron chi connectivity index (χ2n) is 3.83. The van der Waals surface area contributed by atoms with Crippen LogP contribution in [0.1, 0.15) is 16.8 Å². The van der Waals surface area contributed by atoms with E-state index in [1.165, 1.54) is 19.2 Å². The number of carboxylic acid groups (broad SMARTS) is 1. The van der Waals surface area contributed by atoms with Crippen LogP contribution in [-0.2, 0) is 4.79 Å². The standard InChI is InChI=1S/C12H16N2O5/c1-19-7-2-3-9(13)8(6-7)11(16)14-10(4-5-15)12(17)18/h2-3,6,10,15H,4-5,13H2,1H3,(H,14,16)(H,17,18)/t10-/m1/s1. The molecule has 0 spiro atoms. The van der Waals surface area contributed by atoms with Crippen LogP contribution in [0.3, 0.4) is 0 Å². The number of nitrogens with two attached hydrogens (primary N) is 1. The van der Waals surface area contributed by atoms with Gasteiger partial charge in [-0.2, -0.15) is 0 Å². The lowest BCUT2D eigenvalue weighted by Gasteiger charge is -2.14. The summed E-state index contributed by atoms with van der Waals surface area (Å²) >= 11 is 0. The molecule has 1 atom stereocenters. The van der Waals surface area contributed by atoms with E-state index < -0.39 is 17.9 Å². The topological polar surface area (TPSA) is 122 Å². The van der Waals surface area contributed by atoms with Crippen molar-refractivity contribution >= 4 is 17.6 Å². The molecule has 7 nitrogen and oxygen atoms in total. The second-order valence-corrected chi connectivity index (χ2v) is 3.83. The first-order chi connectivity index (χ1) is 8.99. The predicted molar refractivity (Wildman–Crippen MR) is 68.0 cm³/mol. The summed E-state index contributed by atoms with van der Waals surface area (Å²) in [6, 6.07) is 3.34. The number of hydrogen-bond acceptors (Lipinski definition) is 5. The van der Waals surface area contributed by atoms with E-state index >= 15 is 0 Å². The van der Waals surface area contributed by atoms with Gasteiger partial charge in [-0.1, -0.05) is 0 Å². The minimum absolute atomic E-state index is 0.0784. The molecule has 0 unspecified atom stereocenters. The van der Waals surface area contributed by atoms with E-state index in [4.69, 9.17) is 20.7 Å². The number of nitrogens with one attached hydrogen (secondary N) is 1. The van der Waals surface area contributed by atoms with E-state index in [0.29, 0.717) is 5.75 Å². The highest BCUT2D eigenvalue weighted by Crippen LogP contribution is 2.19. The Morgan fingerprint density at radius 3 is 2.68 bits per heavy atom. The van der Waals surface area contributed by atoms with E-state index in [-0.39, 0.29) is 24.3 Å². The molecule has 5 N–H and O–H groups in total. The van der Waals surface area contributed by atoms with Crippen molar-refractivity contribution in [2.24, 2.45) is 0 Å². The molecule has 0 aromatic heterocycles. The molecule has 0 aliphatic carbocycles. The minimum Gasteiger partial charge on any atom is -0.497 e. The summed E-state index contributed by atoms with van der Waals surface area (Å²) in [5.74, 6) is -1.41. The lowest BCUT2D eigenvalue weighted by Crippen LogP contribution is -2.41. The minimum atomic E-state index is -1.22. The number of benzene rings is 1. The van der Waals surface area contributed by atoms with E-state index in [1.54, 1.807) is 6.07 Å². The largest absolute Gasteiger partial charge is 0.497 e. The molecule has 19 heavy (non-hydrogen) atoms. The van der Waals surface area contributed by atoms with Crippen molar-refractivity contribution in [3.8, 4) is 5.75 Å². The van der Waals surface area contributed by atoms with Gasteiger partial charge in [-0.25, -0.2) is 4.79 Å². The Bertz CT molecular complexity index is 475. The third kappa shape index (κ3) is 3.85. The number of methoxy groups -OCH3 is 1. The molecule has 0 heterocycles. The molecule has 1 rings (SSSR count). The zero-order chi connectivity index (χ0) is 14.4. The van der Waals surface area contributed by atoms with Crippen molar-refractivity contribution in [3.05, 3.63) is 23.8 Å². The Balaban J connectivity index is 2.90. The van der Waals surface area contributed by atoms with Crippen LogP contribution in [0.15, 0.2) is 18.2 Å². The van der Waals surface area contributed by atoms with Crippen LogP contribution >= 0.6 is 0 Å². The summed E-state index contributed by atoms with van der Waals surface area (Å²) in [7, 11) is 1.44. The van der Waals surface area contributed by atoms with Crippen molar-refractivity contribution in [3.63, 3.8) is 0 Å². The number of rotatable bonds is 6. The van der Waals surface area contributed by atoms with E-state index in [0.717, 1.165) is 0 Å². The molecule has 1 amide bonds. The molecule has 0 aliphatic heterocycles. The Hall–Kier alpha value is -2.28. The van der Waals surface area contributed by atoms with E-state index in [9.17, 15) is 9.59 Å². The summed E-state index contributed by atoms with van der Waals surface area (Å²) in [6.45, 7) is -0.342. The molecule has 0 bridgehead atoms. The third-order valence-corrected chi connectivity index (χ3v) is 2.53. The fourth-order valence-corrected chi connectivity index (χ4v) is 1.48. The van der Waals surface area contributed by atoms with Crippen LogP contribution in [-0.4, -0.2) is 41.8 Å². The summed E-state index contributed by atoms with van der Waals surface area (Å²) < 4.78 is 4.97. The average Bonchev–Trinajstić information content (AvgIpc) is 2.38. The van der Waals surface area contributed by atoms with Crippen LogP contribution in [0, 0.1) is 0 Å². The molecule has 104 valence electrons. The first-order valence-electron chi connectivity index (χ1n) is 5.57. The van der Waals surface area contributed by atoms with Crippen molar-refractivity contribution in [2.75, 3.05) is 19.5 Å². The highest BCUT2D eigenvalue weighted by atomic mass is 16.5. The molecule has 0 aliphatic rings. The first-order valence-corrected chi connectivity index (χ1v) is 5.57. The van der Waals surface area contributed by atoms with Crippen molar-refractivity contribution in [2.45, 2.75) is 12.5 Å². The number of aliphatic hydroxyl groups excluding tert-OH is 1. The third-order valence-electron chi connectivity index (χ3n) is 2.53. The van der Waals surface area contributed by atoms with Gasteiger partial charge in [-0.05, 0) is 18.2 Å². The molecular formula is C12H16N2O5. The van der Waals surface area contributed by atoms with Gasteiger partial charge in [-0.15, -0.1) is 0 Å². The summed E-state index contributed by atoms with van der Waals surface area (Å²) in [6.07, 6.45) is -0.0784. The molecule has 0 fully saturated rings. The summed E-state index contributed by atoms with van der Waals surface area (Å²) in [5, 5.41) is 19.9. The van der Waals surface area contributed by atoms with E-state index in [1.807, 2.05) is 0 Å². The number of nitrogen functional groups attached to an aromatic ring is 1. The molecule has 0 radical (unpaired) electrons. The van der Waals surface area contributed by atoms with Crippen molar-refractivity contribution in [1.29, 1.82) is 0 Å². The SMILES string of the molecule is COc1ccc(N)c(C(=O)N[C@H](CCO)C(=O)O)c1. The normalized spacial score (nSPS) is 11.7. The smallest absolute Gasteiger partial charge is 0.326 e. The maximum Gasteiger partial charge on any atom is 0.326 e. The highest BCUT2D eigenvalue weighted by Gasteiger charge is 2.21. The van der Waals surface area contributed by atoms with Gasteiger partial charge in [0.15, 0.2) is 0 Å². The Kier molecular flexibility index (Phi) is 5.13. The van der Waals surface area contributed by atoms with Crippen LogP contribution < -0.4 is 15.8 Å². The van der Waals surface area contributed by atoms with Crippen LogP contribution in [0.4, 0.5) is 5.69 Å². The lowest BCUT2D eigenvalue weighted by molar-refractivity contribution is -0.139. The number of aliphatic hydroxyl groups is 1. The zero-order valence-electron chi connectivity index (χ0n) is 10.4. The van der Waals surface area contributed by atoms with Gasteiger partial charge >= 0.3 is 5.97 Å². The number of carbonyl (C=O) groups is 2. The Morgan fingerprint density at radius 2 is 2.16 bits per heavy atom. The molecule has 1 aromatic rings. The number of carboxylic acids is 1. The molecule has 0 saturated carbocycles. The Labute approximate surface area is 110 Å². The van der Waals surface area contributed by atoms with Gasteiger partial charge in [-0.3, -0.25) is 4.79 Å². The molecular weight excluding hydrogens is 252 g/mol. The first kappa shape index (κ1) is 14.8. The zero-order valence-corrected chi connectivity index (χ0v) is 10.4. The van der Waals surface area contributed by atoms with Gasteiger partial charge in [0.25, 0.3) is 5.91 Å². The van der Waals surface area contributed by atoms with Gasteiger partial charge in [0, 0.05) is 18.7 Å². The van der Waals surface area contributed by atoms with Crippen molar-refractivity contribution < 1.29 is 24.5 Å². The van der Waals surface area contributed by atoms with Crippen LogP contribution in [0.5, 0.6) is 5.75 Å². The summed E-state index contributed by atoms with van der Waals surface area (Å²) in [5.41, 5.74) is 6.00. The molecule has 0 saturated heterocycles. The molecule has 1 aromatic carbocycles. The number of anilines is 1. The highest BCUT2D eigenvalue weighted by molar-refractivity contribution is 6.01. The summed E-state index contributed by atoms with van der Waals surface area (Å²) in [4.78, 5) is 22.8. The Morgan fingerprint density at radius 1 is 1.47 bits per heavy atom. The molecule has 7 heteroatoms. The number of aliphatic carboxylic acids is 1. The second kappa shape index (κ2) is 6.60. The number of amides is 1. The predicted octanol–water partition coefficient (Wildman–Crippen LogP) is -0.157. The number of carbonyl (C=O) groups excluding carboxylic acids is 1. The van der Waals surface area contributed by atoms with Crippen molar-refractivity contribution in [1.82, 2.24) is 5.32 Å². The maximum absolute atomic E-state index is 11.9. The quantitative estimate of drug-likeness (QED) is 0.532. The fourth-order valence-electron chi connectivity index (χ4n) is 1.48. The fraction of sp³-hybridized carbons (Fsp3) is 0.333. The monoisotopic (exact) mass is 268 g/mol. The van der Waals surface area contributed by atoms with Gasteiger partial charge in [0.2, 0.25) is 0 Å². The van der Waals surface area contributed by atoms with Gasteiger partial charge in [0.1, 0.15) is 11.8 Å². The number of ether oxygens (including phenoxy) is 1. The van der Waals surface area contributed by atoms with Gasteiger partial charge < -0.3 is 26.0 Å². The number of hydrogen-bond donors (Lipinski definition) is 4. The van der Waals surface area contributed by atoms with E-state index in [2.05, 4.69) is 5.32 Å². The van der Waals surface area contributed by atoms with Gasteiger partial charge in [0.05, 0.1) is 12.7 Å².